The van der Waals surface area contributed by atoms with Crippen LogP contribution in [0.1, 0.15) is 50.7 Å². The largest absolute Gasteiger partial charge is 1.00 e. The molecule has 2 aromatic rings. The van der Waals surface area contributed by atoms with Gasteiger partial charge < -0.3 is 4.55 Å². The van der Waals surface area contributed by atoms with Crippen LogP contribution >= 0.6 is 0 Å². The fourth-order valence-electron chi connectivity index (χ4n) is 2.79. The topological polar surface area (TPSA) is 57.2 Å². The van der Waals surface area contributed by atoms with Crippen molar-refractivity contribution in [2.45, 2.75) is 57.3 Å². The van der Waals surface area contributed by atoms with Gasteiger partial charge >= 0.3 is 51.4 Å². The van der Waals surface area contributed by atoms with Gasteiger partial charge in [0.15, 0.2) is 0 Å². The molecule has 0 aliphatic carbocycles. The third-order valence-electron chi connectivity index (χ3n) is 4.00. The maximum Gasteiger partial charge on any atom is 1.00 e. The maximum absolute atomic E-state index is 11.6. The smallest absolute Gasteiger partial charge is 0.744 e. The quantitative estimate of drug-likeness (QED) is 0.556. The molecular weight excluding hydrogens is 335 g/mol. The van der Waals surface area contributed by atoms with Crippen LogP contribution in [-0.2, 0) is 23.0 Å². The van der Waals surface area contributed by atoms with Gasteiger partial charge in [-0.15, -0.1) is 0 Å². The van der Waals surface area contributed by atoms with Gasteiger partial charge in [0, 0.05) is 0 Å². The number of fused-ring (bicyclic) bond motifs is 1. The first-order chi connectivity index (χ1) is 10.5. The van der Waals surface area contributed by atoms with Gasteiger partial charge in [0.05, 0.1) is 4.90 Å². The summed E-state index contributed by atoms with van der Waals surface area (Å²) >= 11 is 0. The van der Waals surface area contributed by atoms with Crippen LogP contribution in [0.4, 0.5) is 0 Å². The second kappa shape index (κ2) is 9.66. The van der Waals surface area contributed by atoms with E-state index in [4.69, 9.17) is 0 Å². The molecule has 0 N–H and O–H groups in total. The Hall–Kier alpha value is 0.246. The molecule has 0 aliphatic rings. The molecule has 0 aromatic heterocycles. The monoisotopic (exact) mass is 358 g/mol. The molecule has 3 nitrogen and oxygen atoms in total. The van der Waals surface area contributed by atoms with E-state index in [9.17, 15) is 13.0 Å². The van der Waals surface area contributed by atoms with Crippen LogP contribution in [0, 0.1) is 0 Å². The second-order valence-electron chi connectivity index (χ2n) is 5.77. The third kappa shape index (κ3) is 5.63. The van der Waals surface area contributed by atoms with E-state index in [0.29, 0.717) is 5.39 Å². The Bertz CT molecular complexity index is 754. The summed E-state index contributed by atoms with van der Waals surface area (Å²) in [6, 6.07) is 9.23. The van der Waals surface area contributed by atoms with E-state index >= 15 is 0 Å². The summed E-state index contributed by atoms with van der Waals surface area (Å²) in [6.07, 6.45) is 5.87. The Morgan fingerprint density at radius 1 is 0.957 bits per heavy atom. The van der Waals surface area contributed by atoms with Crippen LogP contribution < -0.4 is 51.4 Å². The maximum atomic E-state index is 11.6. The van der Waals surface area contributed by atoms with Gasteiger partial charge in [0.25, 0.3) is 0 Å². The van der Waals surface area contributed by atoms with Crippen molar-refractivity contribution in [3.8, 4) is 0 Å². The van der Waals surface area contributed by atoms with Crippen LogP contribution in [0.5, 0.6) is 0 Å². The number of hydrogen-bond donors (Lipinski definition) is 0. The van der Waals surface area contributed by atoms with Gasteiger partial charge in [0.2, 0.25) is 0 Å². The molecule has 23 heavy (non-hydrogen) atoms. The minimum Gasteiger partial charge on any atom is -0.744 e. The average molecular weight is 359 g/mol. The van der Waals surface area contributed by atoms with Gasteiger partial charge in [-0.2, -0.15) is 0 Å². The van der Waals surface area contributed by atoms with Gasteiger partial charge in [-0.25, -0.2) is 8.42 Å². The zero-order valence-corrected chi connectivity index (χ0v) is 18.2. The molecule has 0 saturated heterocycles. The predicted molar refractivity (Wildman–Crippen MR) is 89.1 cm³/mol. The molecule has 2 aromatic carbocycles. The van der Waals surface area contributed by atoms with E-state index < -0.39 is 10.1 Å². The van der Waals surface area contributed by atoms with Crippen LogP contribution in [0.15, 0.2) is 35.2 Å². The van der Waals surface area contributed by atoms with Gasteiger partial charge in [-0.3, -0.25) is 0 Å². The van der Waals surface area contributed by atoms with Crippen molar-refractivity contribution in [3.63, 3.8) is 0 Å². The number of rotatable bonds is 7. The van der Waals surface area contributed by atoms with Crippen LogP contribution in [0.3, 0.4) is 0 Å². The zero-order valence-electron chi connectivity index (χ0n) is 14.3. The molecule has 2 rings (SSSR count). The van der Waals surface area contributed by atoms with E-state index in [1.807, 2.05) is 12.1 Å². The summed E-state index contributed by atoms with van der Waals surface area (Å²) in [5.41, 5.74) is 2.07. The fraction of sp³-hybridized carbons (Fsp3) is 0.444. The van der Waals surface area contributed by atoms with E-state index in [-0.39, 0.29) is 56.3 Å². The third-order valence-corrected chi connectivity index (χ3v) is 4.87. The average Bonchev–Trinajstić information content (AvgIpc) is 2.49. The first-order valence-corrected chi connectivity index (χ1v) is 9.38. The van der Waals surface area contributed by atoms with Crippen molar-refractivity contribution < 1.29 is 64.4 Å². The van der Waals surface area contributed by atoms with E-state index in [2.05, 4.69) is 19.9 Å². The summed E-state index contributed by atoms with van der Waals surface area (Å²) < 4.78 is 34.9. The van der Waals surface area contributed by atoms with Crippen molar-refractivity contribution in [1.82, 2.24) is 0 Å². The Labute approximate surface area is 182 Å². The van der Waals surface area contributed by atoms with Crippen molar-refractivity contribution in [2.24, 2.45) is 0 Å². The minimum absolute atomic E-state index is 0. The molecule has 120 valence electrons. The summed E-state index contributed by atoms with van der Waals surface area (Å²) in [7, 11) is -4.46. The van der Waals surface area contributed by atoms with Gasteiger partial charge in [-0.05, 0) is 53.6 Å². The molecule has 0 aliphatic heterocycles. The van der Waals surface area contributed by atoms with E-state index in [0.717, 1.165) is 55.0 Å². The Morgan fingerprint density at radius 2 is 1.61 bits per heavy atom. The first-order valence-electron chi connectivity index (χ1n) is 7.97. The van der Waals surface area contributed by atoms with Crippen molar-refractivity contribution >= 4 is 20.9 Å². The molecular formula is C18H23KO3S. The molecule has 0 bridgehead atoms. The molecule has 0 fully saturated rings. The molecule has 0 spiro atoms. The zero-order chi connectivity index (χ0) is 16.2. The standard InChI is InChI=1S/C18H24O3S.K/c1-3-5-8-14-12-17-15(9-6-4-2)10-7-11-16(17)18(13-14)22(19,20)21;/h7,10-13H,3-6,8-9H2,1-2H3,(H,19,20,21);/q;+1/p-1. The van der Waals surface area contributed by atoms with E-state index in [1.54, 1.807) is 12.1 Å². The normalized spacial score (nSPS) is 11.4. The SMILES string of the molecule is CCCCc1cc(S(=O)(=O)[O-])c2cccc(CCCC)c2c1.[K+]. The summed E-state index contributed by atoms with van der Waals surface area (Å²) in [5.74, 6) is 0. The number of benzene rings is 2. The Balaban J connectivity index is 0.00000264. The first kappa shape index (κ1) is 21.3. The van der Waals surface area contributed by atoms with Crippen LogP contribution in [0.2, 0.25) is 0 Å². The minimum atomic E-state index is -4.46. The molecule has 0 heterocycles. The number of hydrogen-bond acceptors (Lipinski definition) is 3. The van der Waals surface area contributed by atoms with Crippen LogP contribution in [-0.4, -0.2) is 13.0 Å². The van der Waals surface area contributed by atoms with Crippen LogP contribution in [0.25, 0.3) is 10.8 Å². The molecule has 0 atom stereocenters. The number of aryl methyl sites for hydroxylation is 2. The summed E-state index contributed by atoms with van der Waals surface area (Å²) in [4.78, 5) is -0.0746. The Kier molecular flexibility index (Phi) is 8.94. The summed E-state index contributed by atoms with van der Waals surface area (Å²) in [5, 5.41) is 1.47. The van der Waals surface area contributed by atoms with Crippen molar-refractivity contribution in [3.05, 3.63) is 41.5 Å². The molecule has 0 radical (unpaired) electrons. The molecule has 5 heteroatoms. The van der Waals surface area contributed by atoms with E-state index in [1.165, 1.54) is 0 Å². The molecule has 0 saturated carbocycles. The van der Waals surface area contributed by atoms with Crippen molar-refractivity contribution in [2.75, 3.05) is 0 Å². The van der Waals surface area contributed by atoms with Gasteiger partial charge in [-0.1, -0.05) is 51.0 Å². The van der Waals surface area contributed by atoms with Gasteiger partial charge in [0.1, 0.15) is 10.1 Å². The second-order valence-corrected chi connectivity index (χ2v) is 7.12. The molecule has 0 unspecified atom stereocenters. The van der Waals surface area contributed by atoms with Crippen molar-refractivity contribution in [1.29, 1.82) is 0 Å². The number of unbranched alkanes of at least 4 members (excludes halogenated alkanes) is 2. The fourth-order valence-corrected chi connectivity index (χ4v) is 3.53. The summed E-state index contributed by atoms with van der Waals surface area (Å²) in [6.45, 7) is 4.23. The Morgan fingerprint density at radius 3 is 2.22 bits per heavy atom. The molecule has 0 amide bonds. The predicted octanol–water partition coefficient (Wildman–Crippen LogP) is 1.43.